The molecule has 1 aromatic carbocycles. The number of aromatic nitrogens is 2. The van der Waals surface area contributed by atoms with Gasteiger partial charge in [-0.2, -0.15) is 5.10 Å². The molecule has 0 aliphatic heterocycles. The minimum atomic E-state index is -0.0660. The van der Waals surface area contributed by atoms with E-state index in [0.717, 1.165) is 17.0 Å². The van der Waals surface area contributed by atoms with Crippen molar-refractivity contribution in [2.24, 2.45) is 0 Å². The molecular formula is C13H15N3O. The fraction of sp³-hybridized carbons (Fsp3) is 0.231. The number of amides is 1. The van der Waals surface area contributed by atoms with Gasteiger partial charge in [0, 0.05) is 23.4 Å². The number of nitrogens with zero attached hydrogens (tertiary/aromatic N) is 1. The molecule has 0 aliphatic rings. The number of hydrogen-bond acceptors (Lipinski definition) is 2. The van der Waals surface area contributed by atoms with E-state index in [9.17, 15) is 4.79 Å². The lowest BCUT2D eigenvalue weighted by molar-refractivity contribution is 0.0956. The summed E-state index contributed by atoms with van der Waals surface area (Å²) in [6, 6.07) is 9.40. The van der Waals surface area contributed by atoms with Gasteiger partial charge in [-0.1, -0.05) is 18.2 Å². The monoisotopic (exact) mass is 229 g/mol. The maximum atomic E-state index is 11.9. The number of hydrogen-bond donors (Lipinski definition) is 2. The van der Waals surface area contributed by atoms with E-state index in [-0.39, 0.29) is 5.91 Å². The Balaban J connectivity index is 2.44. The summed E-state index contributed by atoms with van der Waals surface area (Å²) in [5.41, 5.74) is 3.28. The Labute approximate surface area is 100 Å². The van der Waals surface area contributed by atoms with E-state index in [1.807, 2.05) is 44.2 Å². The van der Waals surface area contributed by atoms with Crippen LogP contribution in [-0.4, -0.2) is 22.6 Å². The van der Waals surface area contributed by atoms with E-state index < -0.39 is 0 Å². The average molecular weight is 229 g/mol. The summed E-state index contributed by atoms with van der Waals surface area (Å²) in [5.74, 6) is -0.0660. The molecule has 0 aliphatic carbocycles. The molecule has 0 saturated heterocycles. The Morgan fingerprint density at radius 1 is 1.41 bits per heavy atom. The van der Waals surface area contributed by atoms with Crippen molar-refractivity contribution in [3.63, 3.8) is 0 Å². The number of nitrogens with one attached hydrogen (secondary N) is 2. The van der Waals surface area contributed by atoms with Crippen molar-refractivity contribution in [1.82, 2.24) is 15.5 Å². The summed E-state index contributed by atoms with van der Waals surface area (Å²) >= 11 is 0. The van der Waals surface area contributed by atoms with Crippen LogP contribution in [0.15, 0.2) is 30.3 Å². The van der Waals surface area contributed by atoms with E-state index >= 15 is 0 Å². The number of rotatable bonds is 3. The fourth-order valence-corrected chi connectivity index (χ4v) is 1.72. The van der Waals surface area contributed by atoms with E-state index in [1.165, 1.54) is 0 Å². The fourth-order valence-electron chi connectivity index (χ4n) is 1.72. The van der Waals surface area contributed by atoms with Crippen molar-refractivity contribution in [1.29, 1.82) is 0 Å². The number of carbonyl (C=O) groups is 1. The summed E-state index contributed by atoms with van der Waals surface area (Å²) in [5, 5.41) is 9.87. The van der Waals surface area contributed by atoms with E-state index in [1.54, 1.807) is 0 Å². The first kappa shape index (κ1) is 11.4. The van der Waals surface area contributed by atoms with Crippen LogP contribution in [0.4, 0.5) is 0 Å². The van der Waals surface area contributed by atoms with Crippen LogP contribution in [0.1, 0.15) is 23.0 Å². The largest absolute Gasteiger partial charge is 0.352 e. The third-order valence-corrected chi connectivity index (χ3v) is 2.49. The van der Waals surface area contributed by atoms with Crippen molar-refractivity contribution >= 4 is 5.91 Å². The van der Waals surface area contributed by atoms with Crippen molar-refractivity contribution in [3.05, 3.63) is 41.6 Å². The van der Waals surface area contributed by atoms with Gasteiger partial charge in [-0.3, -0.25) is 9.89 Å². The molecule has 88 valence electrons. The number of H-pyrrole nitrogens is 1. The molecule has 4 nitrogen and oxygen atoms in total. The van der Waals surface area contributed by atoms with Gasteiger partial charge in [-0.15, -0.1) is 0 Å². The average Bonchev–Trinajstić information content (AvgIpc) is 2.76. The first-order valence-corrected chi connectivity index (χ1v) is 5.62. The third-order valence-electron chi connectivity index (χ3n) is 2.49. The zero-order valence-corrected chi connectivity index (χ0v) is 9.95. The molecule has 0 unspecified atom stereocenters. The lowest BCUT2D eigenvalue weighted by Crippen LogP contribution is -2.23. The summed E-state index contributed by atoms with van der Waals surface area (Å²) < 4.78 is 0. The molecule has 2 N–H and O–H groups in total. The molecule has 17 heavy (non-hydrogen) atoms. The first-order valence-electron chi connectivity index (χ1n) is 5.62. The smallest absolute Gasteiger partial charge is 0.251 e. The van der Waals surface area contributed by atoms with E-state index in [4.69, 9.17) is 0 Å². The lowest BCUT2D eigenvalue weighted by atomic mass is 10.0. The van der Waals surface area contributed by atoms with Crippen molar-refractivity contribution in [3.8, 4) is 11.3 Å². The Morgan fingerprint density at radius 3 is 2.82 bits per heavy atom. The predicted octanol–water partition coefficient (Wildman–Crippen LogP) is 2.13. The Bertz CT molecular complexity index is 531. The normalized spacial score (nSPS) is 10.2. The minimum absolute atomic E-state index is 0.0660. The molecule has 0 spiro atoms. The van der Waals surface area contributed by atoms with Gasteiger partial charge < -0.3 is 5.32 Å². The van der Waals surface area contributed by atoms with Crippen LogP contribution in [0.3, 0.4) is 0 Å². The van der Waals surface area contributed by atoms with Crippen LogP contribution in [0.2, 0.25) is 0 Å². The van der Waals surface area contributed by atoms with Crippen LogP contribution in [0.25, 0.3) is 11.3 Å². The van der Waals surface area contributed by atoms with Gasteiger partial charge in [0.15, 0.2) is 0 Å². The highest BCUT2D eigenvalue weighted by molar-refractivity contribution is 6.00. The topological polar surface area (TPSA) is 57.8 Å². The standard InChI is InChI=1S/C13H15N3O/c1-3-14-13(17)11-7-5-4-6-10(11)12-8-9(2)15-16-12/h4-8H,3H2,1-2H3,(H,14,17)(H,15,16). The van der Waals surface area contributed by atoms with E-state index in [0.29, 0.717) is 12.1 Å². The Morgan fingerprint density at radius 2 is 2.18 bits per heavy atom. The minimum Gasteiger partial charge on any atom is -0.352 e. The highest BCUT2D eigenvalue weighted by Crippen LogP contribution is 2.22. The molecule has 4 heteroatoms. The van der Waals surface area contributed by atoms with Crippen molar-refractivity contribution in [2.75, 3.05) is 6.54 Å². The molecular weight excluding hydrogens is 214 g/mol. The van der Waals surface area contributed by atoms with E-state index in [2.05, 4.69) is 15.5 Å². The molecule has 0 atom stereocenters. The number of benzene rings is 1. The Kier molecular flexibility index (Phi) is 3.23. The van der Waals surface area contributed by atoms with Gasteiger partial charge in [0.2, 0.25) is 0 Å². The van der Waals surface area contributed by atoms with Gasteiger partial charge in [0.05, 0.1) is 5.69 Å². The summed E-state index contributed by atoms with van der Waals surface area (Å²) in [7, 11) is 0. The SMILES string of the molecule is CCNC(=O)c1ccccc1-c1cc(C)[nH]n1. The highest BCUT2D eigenvalue weighted by atomic mass is 16.1. The summed E-state index contributed by atoms with van der Waals surface area (Å²) in [6.45, 7) is 4.46. The molecule has 2 rings (SSSR count). The number of carbonyl (C=O) groups excluding carboxylic acids is 1. The molecule has 2 aromatic rings. The van der Waals surface area contributed by atoms with Gasteiger partial charge in [-0.25, -0.2) is 0 Å². The predicted molar refractivity (Wildman–Crippen MR) is 66.8 cm³/mol. The second kappa shape index (κ2) is 4.82. The molecule has 1 amide bonds. The zero-order chi connectivity index (χ0) is 12.3. The van der Waals surface area contributed by atoms with Gasteiger partial charge in [0.25, 0.3) is 5.91 Å². The maximum absolute atomic E-state index is 11.9. The van der Waals surface area contributed by atoms with Crippen LogP contribution in [0.5, 0.6) is 0 Å². The molecule has 1 heterocycles. The molecule has 0 radical (unpaired) electrons. The second-order valence-electron chi connectivity index (χ2n) is 3.84. The van der Waals surface area contributed by atoms with Gasteiger partial charge in [0.1, 0.15) is 0 Å². The number of aromatic amines is 1. The molecule has 0 bridgehead atoms. The second-order valence-corrected chi connectivity index (χ2v) is 3.84. The van der Waals surface area contributed by atoms with Crippen molar-refractivity contribution in [2.45, 2.75) is 13.8 Å². The van der Waals surface area contributed by atoms with Crippen LogP contribution in [-0.2, 0) is 0 Å². The Hall–Kier alpha value is -2.10. The molecule has 0 fully saturated rings. The van der Waals surface area contributed by atoms with Crippen LogP contribution in [0, 0.1) is 6.92 Å². The molecule has 1 aromatic heterocycles. The maximum Gasteiger partial charge on any atom is 0.251 e. The zero-order valence-electron chi connectivity index (χ0n) is 9.95. The highest BCUT2D eigenvalue weighted by Gasteiger charge is 2.12. The third kappa shape index (κ3) is 2.36. The van der Waals surface area contributed by atoms with Crippen LogP contribution < -0.4 is 5.32 Å². The van der Waals surface area contributed by atoms with Gasteiger partial charge >= 0.3 is 0 Å². The van der Waals surface area contributed by atoms with Crippen molar-refractivity contribution < 1.29 is 4.79 Å². The summed E-state index contributed by atoms with van der Waals surface area (Å²) in [6.07, 6.45) is 0. The number of aryl methyl sites for hydroxylation is 1. The quantitative estimate of drug-likeness (QED) is 0.847. The lowest BCUT2D eigenvalue weighted by Gasteiger charge is -2.06. The van der Waals surface area contributed by atoms with Gasteiger partial charge in [-0.05, 0) is 26.0 Å². The molecule has 0 saturated carbocycles. The first-order chi connectivity index (χ1) is 8.22. The summed E-state index contributed by atoms with van der Waals surface area (Å²) in [4.78, 5) is 11.9. The van der Waals surface area contributed by atoms with Crippen LogP contribution >= 0.6 is 0 Å².